The van der Waals surface area contributed by atoms with Crippen LogP contribution in [0.25, 0.3) is 0 Å². The highest BCUT2D eigenvalue weighted by Gasteiger charge is 2.04. The maximum atomic E-state index is 11.8. The second kappa shape index (κ2) is 26.3. The van der Waals surface area contributed by atoms with Crippen LogP contribution in [0.4, 0.5) is 0 Å². The third-order valence-corrected chi connectivity index (χ3v) is 6.18. The van der Waals surface area contributed by atoms with Crippen LogP contribution in [0.15, 0.2) is 12.2 Å². The van der Waals surface area contributed by atoms with Gasteiger partial charge in [-0.15, -0.1) is 0 Å². The Morgan fingerprint density at radius 3 is 1.68 bits per heavy atom. The lowest BCUT2D eigenvalue weighted by Gasteiger charge is -2.06. The van der Waals surface area contributed by atoms with Gasteiger partial charge in [-0.2, -0.15) is 0 Å². The first kappa shape index (κ1) is 32.7. The highest BCUT2D eigenvalue weighted by Crippen LogP contribution is 2.12. The van der Waals surface area contributed by atoms with Gasteiger partial charge in [-0.1, -0.05) is 110 Å². The van der Waals surface area contributed by atoms with Crippen molar-refractivity contribution in [1.29, 1.82) is 0 Å². The highest BCUT2D eigenvalue weighted by molar-refractivity contribution is 5.69. The Labute approximate surface area is 211 Å². The molecule has 0 fully saturated rings. The number of hydrogen-bond acceptors (Lipinski definition) is 4. The third-order valence-electron chi connectivity index (χ3n) is 6.18. The largest absolute Gasteiger partial charge is 0.466 e. The molecular formula is C30H56O4. The Bertz CT molecular complexity index is 484. The van der Waals surface area contributed by atoms with Gasteiger partial charge in [0.1, 0.15) is 6.61 Å². The lowest BCUT2D eigenvalue weighted by atomic mass is 10.1. The molecule has 0 saturated heterocycles. The summed E-state index contributed by atoms with van der Waals surface area (Å²) in [5, 5.41) is 0. The lowest BCUT2D eigenvalue weighted by Crippen LogP contribution is -2.06. The fraction of sp³-hybridized carbons (Fsp3) is 0.867. The molecule has 0 rings (SSSR count). The Balaban J connectivity index is 3.32. The van der Waals surface area contributed by atoms with E-state index in [2.05, 4.69) is 26.8 Å². The van der Waals surface area contributed by atoms with E-state index in [4.69, 9.17) is 9.47 Å². The fourth-order valence-electron chi connectivity index (χ4n) is 3.97. The topological polar surface area (TPSA) is 52.6 Å². The number of rotatable bonds is 25. The van der Waals surface area contributed by atoms with E-state index in [1.807, 2.05) is 6.08 Å². The van der Waals surface area contributed by atoms with E-state index in [-0.39, 0.29) is 11.9 Å². The summed E-state index contributed by atoms with van der Waals surface area (Å²) in [5.74, 6) is 0.512. The number of allylic oxidation sites excluding steroid dienone is 1. The van der Waals surface area contributed by atoms with E-state index in [1.165, 1.54) is 57.8 Å². The van der Waals surface area contributed by atoms with Crippen LogP contribution in [0.5, 0.6) is 0 Å². The van der Waals surface area contributed by atoms with Crippen molar-refractivity contribution in [1.82, 2.24) is 0 Å². The molecule has 0 aliphatic rings. The molecule has 0 amide bonds. The van der Waals surface area contributed by atoms with E-state index in [0.29, 0.717) is 32.0 Å². The maximum absolute atomic E-state index is 11.8. The molecule has 0 aromatic heterocycles. The number of esters is 2. The molecule has 34 heavy (non-hydrogen) atoms. The summed E-state index contributed by atoms with van der Waals surface area (Å²) in [7, 11) is 0. The molecule has 0 unspecified atom stereocenters. The zero-order valence-electron chi connectivity index (χ0n) is 22.9. The van der Waals surface area contributed by atoms with Crippen LogP contribution >= 0.6 is 0 Å². The van der Waals surface area contributed by atoms with Gasteiger partial charge in [0, 0.05) is 12.8 Å². The van der Waals surface area contributed by atoms with Crippen LogP contribution in [-0.2, 0) is 19.1 Å². The van der Waals surface area contributed by atoms with Crippen LogP contribution < -0.4 is 0 Å². The van der Waals surface area contributed by atoms with Crippen molar-refractivity contribution in [2.24, 2.45) is 5.92 Å². The van der Waals surface area contributed by atoms with Crippen molar-refractivity contribution in [3.63, 3.8) is 0 Å². The third kappa shape index (κ3) is 26.9. The molecule has 0 bridgehead atoms. The minimum Gasteiger partial charge on any atom is -0.466 e. The number of carbonyl (C=O) groups is 2. The normalized spacial score (nSPS) is 11.4. The lowest BCUT2D eigenvalue weighted by molar-refractivity contribution is -0.144. The summed E-state index contributed by atoms with van der Waals surface area (Å²) < 4.78 is 10.5. The van der Waals surface area contributed by atoms with Crippen LogP contribution in [0.2, 0.25) is 0 Å². The van der Waals surface area contributed by atoms with Crippen molar-refractivity contribution in [2.75, 3.05) is 13.2 Å². The molecule has 0 aromatic rings. The summed E-state index contributed by atoms with van der Waals surface area (Å²) in [6.45, 7) is 7.59. The van der Waals surface area contributed by atoms with Crippen LogP contribution in [0.3, 0.4) is 0 Å². The van der Waals surface area contributed by atoms with Gasteiger partial charge >= 0.3 is 11.9 Å². The van der Waals surface area contributed by atoms with Crippen molar-refractivity contribution >= 4 is 11.9 Å². The van der Waals surface area contributed by atoms with E-state index in [1.54, 1.807) is 0 Å². The van der Waals surface area contributed by atoms with Crippen molar-refractivity contribution in [3.05, 3.63) is 12.2 Å². The molecule has 0 heterocycles. The van der Waals surface area contributed by atoms with Crippen LogP contribution in [0.1, 0.15) is 149 Å². The second-order valence-electron chi connectivity index (χ2n) is 10.1. The molecular weight excluding hydrogens is 424 g/mol. The summed E-state index contributed by atoms with van der Waals surface area (Å²) >= 11 is 0. The molecule has 0 aliphatic carbocycles. The predicted molar refractivity (Wildman–Crippen MR) is 144 cm³/mol. The van der Waals surface area contributed by atoms with Gasteiger partial charge in [0.15, 0.2) is 0 Å². The number of hydrogen-bond donors (Lipinski definition) is 0. The molecule has 0 atom stereocenters. The summed E-state index contributed by atoms with van der Waals surface area (Å²) in [6, 6.07) is 0. The summed E-state index contributed by atoms with van der Waals surface area (Å²) in [5.41, 5.74) is 0. The Hall–Kier alpha value is -1.32. The monoisotopic (exact) mass is 480 g/mol. The number of ether oxygens (including phenoxy) is 2. The minimum atomic E-state index is -0.0899. The molecule has 0 N–H and O–H groups in total. The van der Waals surface area contributed by atoms with Crippen LogP contribution in [0, 0.1) is 5.92 Å². The first-order valence-corrected chi connectivity index (χ1v) is 14.5. The van der Waals surface area contributed by atoms with E-state index in [0.717, 1.165) is 57.8 Å². The highest BCUT2D eigenvalue weighted by atomic mass is 16.5. The van der Waals surface area contributed by atoms with Gasteiger partial charge in [-0.3, -0.25) is 9.59 Å². The molecule has 0 radical (unpaired) electrons. The summed E-state index contributed by atoms with van der Waals surface area (Å²) in [4.78, 5) is 23.4. The van der Waals surface area contributed by atoms with Crippen molar-refractivity contribution in [3.8, 4) is 0 Å². The van der Waals surface area contributed by atoms with Crippen molar-refractivity contribution < 1.29 is 19.1 Å². The van der Waals surface area contributed by atoms with Gasteiger partial charge < -0.3 is 9.47 Å². The van der Waals surface area contributed by atoms with Gasteiger partial charge in [-0.25, -0.2) is 0 Å². The SMILES string of the molecule is CCCCCCCCCCC/C=C/COC(=O)CCCCCCCCC(=O)OCCCC(C)C. The fourth-order valence-corrected chi connectivity index (χ4v) is 3.97. The smallest absolute Gasteiger partial charge is 0.306 e. The van der Waals surface area contributed by atoms with E-state index in [9.17, 15) is 9.59 Å². The van der Waals surface area contributed by atoms with Gasteiger partial charge in [-0.05, 0) is 44.4 Å². The van der Waals surface area contributed by atoms with Crippen molar-refractivity contribution in [2.45, 2.75) is 149 Å². The quantitative estimate of drug-likeness (QED) is 0.0742. The minimum absolute atomic E-state index is 0.0614. The molecule has 0 saturated carbocycles. The maximum Gasteiger partial charge on any atom is 0.306 e. The molecule has 0 spiro atoms. The molecule has 200 valence electrons. The molecule has 4 heteroatoms. The Morgan fingerprint density at radius 1 is 0.618 bits per heavy atom. The molecule has 0 aromatic carbocycles. The summed E-state index contributed by atoms with van der Waals surface area (Å²) in [6.07, 6.45) is 26.6. The standard InChI is InChI=1S/C30H56O4/c1-4-5-6-7-8-9-10-11-12-15-18-21-26-33-29(31)24-19-16-13-14-17-20-25-30(32)34-27-22-23-28(2)3/h18,21,28H,4-17,19-20,22-27H2,1-3H3/b21-18+. The predicted octanol–water partition coefficient (Wildman–Crippen LogP) is 9.11. The van der Waals surface area contributed by atoms with Crippen LogP contribution in [-0.4, -0.2) is 25.2 Å². The average molecular weight is 481 g/mol. The number of carbonyl (C=O) groups excluding carboxylic acids is 2. The van der Waals surface area contributed by atoms with Gasteiger partial charge in [0.25, 0.3) is 0 Å². The van der Waals surface area contributed by atoms with E-state index >= 15 is 0 Å². The average Bonchev–Trinajstić information content (AvgIpc) is 2.81. The Morgan fingerprint density at radius 2 is 1.12 bits per heavy atom. The first-order valence-electron chi connectivity index (χ1n) is 14.5. The van der Waals surface area contributed by atoms with Gasteiger partial charge in [0.2, 0.25) is 0 Å². The van der Waals surface area contributed by atoms with Gasteiger partial charge in [0.05, 0.1) is 6.61 Å². The zero-order chi connectivity index (χ0) is 25.1. The first-order chi connectivity index (χ1) is 16.6. The molecule has 0 aliphatic heterocycles. The Kier molecular flexibility index (Phi) is 25.3. The number of unbranched alkanes of at least 4 members (excludes halogenated alkanes) is 14. The molecule has 4 nitrogen and oxygen atoms in total. The second-order valence-corrected chi connectivity index (χ2v) is 10.1. The van der Waals surface area contributed by atoms with E-state index < -0.39 is 0 Å². The zero-order valence-corrected chi connectivity index (χ0v) is 22.9.